The largest absolute Gasteiger partial charge is 0.456 e. The summed E-state index contributed by atoms with van der Waals surface area (Å²) >= 11 is 8.35. The Morgan fingerprint density at radius 3 is 2.53 bits per heavy atom. The van der Waals surface area contributed by atoms with E-state index in [1.807, 2.05) is 6.07 Å². The molecule has 2 aromatic carbocycles. The fourth-order valence-corrected chi connectivity index (χ4v) is 2.15. The molecular weight excluding hydrogens is 329 g/mol. The minimum atomic E-state index is -0.296. The van der Waals surface area contributed by atoms with E-state index in [0.717, 1.165) is 4.47 Å². The minimum Gasteiger partial charge on any atom is -0.456 e. The Balaban J connectivity index is 2.40. The number of halogens is 2. The van der Waals surface area contributed by atoms with Crippen LogP contribution in [0.2, 0.25) is 0 Å². The highest BCUT2D eigenvalue weighted by Gasteiger charge is 2.10. The molecule has 2 rings (SSSR count). The van der Waals surface area contributed by atoms with E-state index in [4.69, 9.17) is 22.7 Å². The van der Waals surface area contributed by atoms with Gasteiger partial charge in [0, 0.05) is 4.47 Å². The van der Waals surface area contributed by atoms with E-state index in [1.54, 1.807) is 25.1 Å². The average molecular weight is 340 g/mol. The summed E-state index contributed by atoms with van der Waals surface area (Å²) in [5.74, 6) is 0.821. The first-order valence-electron chi connectivity index (χ1n) is 5.51. The Kier molecular flexibility index (Phi) is 4.17. The van der Waals surface area contributed by atoms with Gasteiger partial charge in [-0.05, 0) is 48.9 Å². The van der Waals surface area contributed by atoms with Crippen LogP contribution in [0, 0.1) is 12.7 Å². The number of rotatable bonds is 3. The van der Waals surface area contributed by atoms with E-state index in [1.165, 1.54) is 12.1 Å². The standard InChI is InChI=1S/C14H11BrFNOS/c1-8-6-10(16)3-5-12(8)18-13-4-2-9(15)7-11(13)14(17)19/h2-7H,1H3,(H2,17,19). The Bertz CT molecular complexity index is 645. The number of ether oxygens (including phenoxy) is 1. The Morgan fingerprint density at radius 1 is 1.21 bits per heavy atom. The van der Waals surface area contributed by atoms with Gasteiger partial charge in [0.05, 0.1) is 5.56 Å². The normalized spacial score (nSPS) is 10.3. The first-order chi connectivity index (χ1) is 8.97. The van der Waals surface area contributed by atoms with Gasteiger partial charge in [-0.3, -0.25) is 0 Å². The summed E-state index contributed by atoms with van der Waals surface area (Å²) in [6.07, 6.45) is 0. The van der Waals surface area contributed by atoms with Crippen molar-refractivity contribution in [2.24, 2.45) is 5.73 Å². The van der Waals surface area contributed by atoms with Crippen LogP contribution in [0.3, 0.4) is 0 Å². The SMILES string of the molecule is Cc1cc(F)ccc1Oc1ccc(Br)cc1C(N)=S. The molecule has 0 spiro atoms. The molecule has 0 saturated carbocycles. The second kappa shape index (κ2) is 5.67. The minimum absolute atomic E-state index is 0.246. The Morgan fingerprint density at radius 2 is 1.89 bits per heavy atom. The van der Waals surface area contributed by atoms with Crippen molar-refractivity contribution in [1.82, 2.24) is 0 Å². The average Bonchev–Trinajstić information content (AvgIpc) is 2.34. The van der Waals surface area contributed by atoms with Crippen LogP contribution in [-0.4, -0.2) is 4.99 Å². The van der Waals surface area contributed by atoms with Crippen LogP contribution in [0.1, 0.15) is 11.1 Å². The van der Waals surface area contributed by atoms with Gasteiger partial charge >= 0.3 is 0 Å². The van der Waals surface area contributed by atoms with Crippen LogP contribution >= 0.6 is 28.1 Å². The second-order valence-electron chi connectivity index (χ2n) is 4.02. The molecule has 0 unspecified atom stereocenters. The lowest BCUT2D eigenvalue weighted by Crippen LogP contribution is -2.10. The van der Waals surface area contributed by atoms with Crippen molar-refractivity contribution < 1.29 is 9.13 Å². The van der Waals surface area contributed by atoms with Gasteiger partial charge in [0.2, 0.25) is 0 Å². The van der Waals surface area contributed by atoms with E-state index in [9.17, 15) is 4.39 Å². The molecule has 5 heteroatoms. The molecule has 0 radical (unpaired) electrons. The molecule has 2 N–H and O–H groups in total. The zero-order chi connectivity index (χ0) is 14.0. The van der Waals surface area contributed by atoms with Gasteiger partial charge < -0.3 is 10.5 Å². The van der Waals surface area contributed by atoms with Crippen LogP contribution in [0.5, 0.6) is 11.5 Å². The van der Waals surface area contributed by atoms with Gasteiger partial charge in [-0.1, -0.05) is 28.1 Å². The van der Waals surface area contributed by atoms with E-state index >= 15 is 0 Å². The third kappa shape index (κ3) is 3.30. The fraction of sp³-hybridized carbons (Fsp3) is 0.0714. The summed E-state index contributed by atoms with van der Waals surface area (Å²) in [7, 11) is 0. The van der Waals surface area contributed by atoms with Crippen LogP contribution in [0.25, 0.3) is 0 Å². The van der Waals surface area contributed by atoms with Crippen LogP contribution in [0.4, 0.5) is 4.39 Å². The summed E-state index contributed by atoms with van der Waals surface area (Å²) in [6.45, 7) is 1.78. The van der Waals surface area contributed by atoms with Crippen molar-refractivity contribution in [2.45, 2.75) is 6.92 Å². The van der Waals surface area contributed by atoms with Crippen molar-refractivity contribution in [3.05, 3.63) is 57.8 Å². The lowest BCUT2D eigenvalue weighted by molar-refractivity contribution is 0.475. The van der Waals surface area contributed by atoms with Gasteiger partial charge in [-0.25, -0.2) is 4.39 Å². The van der Waals surface area contributed by atoms with E-state index in [0.29, 0.717) is 22.6 Å². The molecule has 2 aromatic rings. The summed E-state index contributed by atoms with van der Waals surface area (Å²) in [6, 6.07) is 9.72. The molecule has 0 aliphatic carbocycles. The summed E-state index contributed by atoms with van der Waals surface area (Å²) in [5.41, 5.74) is 7.01. The molecule has 0 aliphatic rings. The van der Waals surface area contributed by atoms with Crippen molar-refractivity contribution >= 4 is 33.1 Å². The molecule has 98 valence electrons. The zero-order valence-corrected chi connectivity index (χ0v) is 12.5. The lowest BCUT2D eigenvalue weighted by atomic mass is 10.2. The molecule has 19 heavy (non-hydrogen) atoms. The molecule has 0 bridgehead atoms. The molecule has 0 amide bonds. The number of hydrogen-bond donors (Lipinski definition) is 1. The van der Waals surface area contributed by atoms with E-state index in [2.05, 4.69) is 15.9 Å². The van der Waals surface area contributed by atoms with Crippen molar-refractivity contribution in [3.63, 3.8) is 0 Å². The van der Waals surface area contributed by atoms with Gasteiger partial charge in [0.1, 0.15) is 22.3 Å². The summed E-state index contributed by atoms with van der Waals surface area (Å²) < 4.78 is 19.7. The highest BCUT2D eigenvalue weighted by molar-refractivity contribution is 9.10. The zero-order valence-electron chi connectivity index (χ0n) is 10.1. The molecule has 2 nitrogen and oxygen atoms in total. The molecule has 0 fully saturated rings. The fourth-order valence-electron chi connectivity index (χ4n) is 1.63. The molecule has 0 atom stereocenters. The first kappa shape index (κ1) is 14.0. The second-order valence-corrected chi connectivity index (χ2v) is 5.37. The highest BCUT2D eigenvalue weighted by Crippen LogP contribution is 2.30. The van der Waals surface area contributed by atoms with Gasteiger partial charge in [-0.15, -0.1) is 0 Å². The lowest BCUT2D eigenvalue weighted by Gasteiger charge is -2.12. The van der Waals surface area contributed by atoms with E-state index in [-0.39, 0.29) is 10.8 Å². The van der Waals surface area contributed by atoms with Crippen molar-refractivity contribution in [3.8, 4) is 11.5 Å². The molecule has 0 aromatic heterocycles. The third-order valence-corrected chi connectivity index (χ3v) is 3.28. The number of hydrogen-bond acceptors (Lipinski definition) is 2. The van der Waals surface area contributed by atoms with Crippen LogP contribution in [0.15, 0.2) is 40.9 Å². The Hall–Kier alpha value is -1.46. The molecule has 0 heterocycles. The predicted octanol–water partition coefficient (Wildman–Crippen LogP) is 4.32. The molecule has 0 saturated heterocycles. The van der Waals surface area contributed by atoms with Gasteiger partial charge in [0.25, 0.3) is 0 Å². The van der Waals surface area contributed by atoms with Crippen LogP contribution < -0.4 is 10.5 Å². The van der Waals surface area contributed by atoms with E-state index < -0.39 is 0 Å². The molecule has 0 aliphatic heterocycles. The number of thiocarbonyl (C=S) groups is 1. The summed E-state index contributed by atoms with van der Waals surface area (Å²) in [4.78, 5) is 0.246. The number of aryl methyl sites for hydroxylation is 1. The van der Waals surface area contributed by atoms with Gasteiger partial charge in [-0.2, -0.15) is 0 Å². The third-order valence-electron chi connectivity index (χ3n) is 2.56. The monoisotopic (exact) mass is 339 g/mol. The smallest absolute Gasteiger partial charge is 0.137 e. The number of benzene rings is 2. The number of nitrogens with two attached hydrogens (primary N) is 1. The molecular formula is C14H11BrFNOS. The van der Waals surface area contributed by atoms with Gasteiger partial charge in [0.15, 0.2) is 0 Å². The van der Waals surface area contributed by atoms with Crippen molar-refractivity contribution in [2.75, 3.05) is 0 Å². The highest BCUT2D eigenvalue weighted by atomic mass is 79.9. The van der Waals surface area contributed by atoms with Crippen molar-refractivity contribution in [1.29, 1.82) is 0 Å². The maximum Gasteiger partial charge on any atom is 0.137 e. The maximum atomic E-state index is 13.0. The maximum absolute atomic E-state index is 13.0. The summed E-state index contributed by atoms with van der Waals surface area (Å²) in [5, 5.41) is 0. The van der Waals surface area contributed by atoms with Crippen LogP contribution in [-0.2, 0) is 0 Å². The predicted molar refractivity (Wildman–Crippen MR) is 81.2 cm³/mol. The topological polar surface area (TPSA) is 35.2 Å². The first-order valence-corrected chi connectivity index (χ1v) is 6.71. The quantitative estimate of drug-likeness (QED) is 0.845. The Labute approximate surface area is 124 Å².